The predicted octanol–water partition coefficient (Wildman–Crippen LogP) is 2.62. The Morgan fingerprint density at radius 2 is 2.00 bits per heavy atom. The molecule has 1 aliphatic heterocycles. The molecule has 2 fully saturated rings. The van der Waals surface area contributed by atoms with E-state index in [9.17, 15) is 4.79 Å². The van der Waals surface area contributed by atoms with Gasteiger partial charge in [-0.3, -0.25) is 0 Å². The highest BCUT2D eigenvalue weighted by atomic mass is 16.6. The van der Waals surface area contributed by atoms with E-state index in [4.69, 9.17) is 4.74 Å². The Hall–Kier alpha value is -2.11. The number of aryl methyl sites for hydroxylation is 1. The van der Waals surface area contributed by atoms with Gasteiger partial charge in [-0.2, -0.15) is 0 Å². The van der Waals surface area contributed by atoms with Crippen molar-refractivity contribution in [3.8, 4) is 0 Å². The van der Waals surface area contributed by atoms with Crippen molar-refractivity contribution >= 4 is 11.6 Å². The van der Waals surface area contributed by atoms with E-state index < -0.39 is 5.60 Å². The second-order valence-corrected chi connectivity index (χ2v) is 7.75. The minimum Gasteiger partial charge on any atom is -0.444 e. The van der Waals surface area contributed by atoms with Gasteiger partial charge < -0.3 is 9.64 Å². The number of pyridine rings is 1. The predicted molar refractivity (Wildman–Crippen MR) is 85.3 cm³/mol. The summed E-state index contributed by atoms with van der Waals surface area (Å²) in [5.41, 5.74) is 2.94. The van der Waals surface area contributed by atoms with Gasteiger partial charge in [0.25, 0.3) is 0 Å². The molecule has 1 aliphatic carbocycles. The maximum Gasteiger partial charge on any atom is 0.410 e. The van der Waals surface area contributed by atoms with Crippen molar-refractivity contribution < 1.29 is 9.53 Å². The van der Waals surface area contributed by atoms with Crippen molar-refractivity contribution in [2.75, 3.05) is 13.1 Å². The number of amides is 1. The largest absolute Gasteiger partial charge is 0.444 e. The maximum absolute atomic E-state index is 12.1. The molecule has 0 bridgehead atoms. The summed E-state index contributed by atoms with van der Waals surface area (Å²) in [7, 11) is 0. The van der Waals surface area contributed by atoms with Gasteiger partial charge in [-0.15, -0.1) is 5.10 Å². The summed E-state index contributed by atoms with van der Waals surface area (Å²) in [5, 5.41) is 8.60. The lowest BCUT2D eigenvalue weighted by atomic mass is 10.1. The highest BCUT2D eigenvalue weighted by molar-refractivity contribution is 5.69. The molecule has 0 aromatic carbocycles. The van der Waals surface area contributed by atoms with Crippen molar-refractivity contribution in [1.29, 1.82) is 0 Å². The molecule has 2 aromatic rings. The van der Waals surface area contributed by atoms with E-state index >= 15 is 0 Å². The zero-order chi connectivity index (χ0) is 16.4. The van der Waals surface area contributed by atoms with Crippen molar-refractivity contribution in [3.63, 3.8) is 0 Å². The average Bonchev–Trinajstić information content (AvgIpc) is 2.85. The molecule has 1 amide bonds. The number of hydrogen-bond donors (Lipinski definition) is 0. The lowest BCUT2D eigenvalue weighted by Gasteiger charge is -2.25. The monoisotopic (exact) mass is 314 g/mol. The first kappa shape index (κ1) is 14.5. The van der Waals surface area contributed by atoms with Crippen molar-refractivity contribution in [2.45, 2.75) is 39.2 Å². The van der Waals surface area contributed by atoms with Crippen LogP contribution in [0, 0.1) is 18.8 Å². The van der Waals surface area contributed by atoms with E-state index in [1.807, 2.05) is 42.4 Å². The standard InChI is InChI=1S/C17H22N4O2/c1-10-5-6-21-13(7-10)15(18-19-21)14-11-8-20(9-12(11)14)16(22)23-17(2,3)4/h5-7,11-12,14H,8-9H2,1-4H3. The fourth-order valence-electron chi connectivity index (χ4n) is 3.66. The van der Waals surface area contributed by atoms with Crippen LogP contribution in [0.15, 0.2) is 18.3 Å². The second-order valence-electron chi connectivity index (χ2n) is 7.75. The minimum atomic E-state index is -0.440. The molecule has 2 aliphatic rings. The molecule has 6 heteroatoms. The summed E-state index contributed by atoms with van der Waals surface area (Å²) >= 11 is 0. The first-order valence-electron chi connectivity index (χ1n) is 8.13. The molecule has 122 valence electrons. The van der Waals surface area contributed by atoms with Crippen LogP contribution in [0.1, 0.15) is 37.9 Å². The number of aromatic nitrogens is 3. The summed E-state index contributed by atoms with van der Waals surface area (Å²) in [4.78, 5) is 14.0. The van der Waals surface area contributed by atoms with Crippen LogP contribution in [0.25, 0.3) is 5.52 Å². The van der Waals surface area contributed by atoms with Gasteiger partial charge in [-0.25, -0.2) is 9.31 Å². The Balaban J connectivity index is 1.48. The SMILES string of the molecule is Cc1ccn2nnc(C3C4CN(C(=O)OC(C)(C)C)CC43)c2c1. The van der Waals surface area contributed by atoms with Crippen LogP contribution in [-0.4, -0.2) is 44.5 Å². The minimum absolute atomic E-state index is 0.202. The summed E-state index contributed by atoms with van der Waals surface area (Å²) in [6.07, 6.45) is 1.75. The van der Waals surface area contributed by atoms with Gasteiger partial charge in [-0.05, 0) is 57.2 Å². The number of carbonyl (C=O) groups excluding carboxylic acids is 1. The molecule has 0 spiro atoms. The molecule has 2 unspecified atom stereocenters. The molecule has 1 saturated carbocycles. The number of nitrogens with zero attached hydrogens (tertiary/aromatic N) is 4. The van der Waals surface area contributed by atoms with Crippen LogP contribution >= 0.6 is 0 Å². The number of ether oxygens (including phenoxy) is 1. The van der Waals surface area contributed by atoms with E-state index in [1.165, 1.54) is 5.56 Å². The maximum atomic E-state index is 12.1. The Bertz CT molecular complexity index is 764. The zero-order valence-corrected chi connectivity index (χ0v) is 14.0. The molecule has 23 heavy (non-hydrogen) atoms. The number of hydrogen-bond acceptors (Lipinski definition) is 4. The van der Waals surface area contributed by atoms with Gasteiger partial charge in [0.1, 0.15) is 5.60 Å². The molecule has 2 atom stereocenters. The van der Waals surface area contributed by atoms with Crippen LogP contribution in [-0.2, 0) is 4.74 Å². The molecular formula is C17H22N4O2. The number of piperidine rings is 1. The summed E-state index contributed by atoms with van der Waals surface area (Å²) in [6, 6.07) is 4.17. The number of carbonyl (C=O) groups is 1. The van der Waals surface area contributed by atoms with Crippen molar-refractivity contribution in [2.24, 2.45) is 11.8 Å². The fourth-order valence-corrected chi connectivity index (χ4v) is 3.66. The van der Waals surface area contributed by atoms with Gasteiger partial charge in [-0.1, -0.05) is 5.21 Å². The third-order valence-electron chi connectivity index (χ3n) is 4.76. The Labute approximate surface area is 135 Å². The number of likely N-dealkylation sites (tertiary alicyclic amines) is 1. The van der Waals surface area contributed by atoms with Gasteiger partial charge >= 0.3 is 6.09 Å². The zero-order valence-electron chi connectivity index (χ0n) is 14.0. The first-order valence-corrected chi connectivity index (χ1v) is 8.13. The number of rotatable bonds is 1. The van der Waals surface area contributed by atoms with E-state index in [-0.39, 0.29) is 6.09 Å². The van der Waals surface area contributed by atoms with Gasteiger partial charge in [0, 0.05) is 25.2 Å². The summed E-state index contributed by atoms with van der Waals surface area (Å²) < 4.78 is 7.29. The van der Waals surface area contributed by atoms with Gasteiger partial charge in [0.2, 0.25) is 0 Å². The third kappa shape index (κ3) is 2.46. The summed E-state index contributed by atoms with van der Waals surface area (Å²) in [5.74, 6) is 1.40. The molecule has 4 rings (SSSR count). The number of fused-ring (bicyclic) bond motifs is 2. The van der Waals surface area contributed by atoms with Crippen LogP contribution in [0.5, 0.6) is 0 Å². The molecular weight excluding hydrogens is 292 g/mol. The van der Waals surface area contributed by atoms with Crippen molar-refractivity contribution in [3.05, 3.63) is 29.6 Å². The highest BCUT2D eigenvalue weighted by Crippen LogP contribution is 2.58. The topological polar surface area (TPSA) is 59.7 Å². The van der Waals surface area contributed by atoms with E-state index in [2.05, 4.69) is 23.3 Å². The van der Waals surface area contributed by atoms with Gasteiger partial charge in [0.05, 0.1) is 11.2 Å². The molecule has 2 aromatic heterocycles. The van der Waals surface area contributed by atoms with E-state index in [0.717, 1.165) is 24.3 Å². The summed E-state index contributed by atoms with van der Waals surface area (Å²) in [6.45, 7) is 9.29. The lowest BCUT2D eigenvalue weighted by molar-refractivity contribution is 0.0271. The van der Waals surface area contributed by atoms with Crippen LogP contribution in [0.2, 0.25) is 0 Å². The van der Waals surface area contributed by atoms with Gasteiger partial charge in [0.15, 0.2) is 0 Å². The fraction of sp³-hybridized carbons (Fsp3) is 0.588. The highest BCUT2D eigenvalue weighted by Gasteiger charge is 2.59. The second kappa shape index (κ2) is 4.69. The third-order valence-corrected chi connectivity index (χ3v) is 4.76. The van der Waals surface area contributed by atoms with Crippen LogP contribution in [0.3, 0.4) is 0 Å². The normalized spacial score (nSPS) is 26.4. The quantitative estimate of drug-likeness (QED) is 0.812. The molecule has 3 heterocycles. The smallest absolute Gasteiger partial charge is 0.410 e. The first-order chi connectivity index (χ1) is 10.8. The lowest BCUT2D eigenvalue weighted by Crippen LogP contribution is -2.36. The van der Waals surface area contributed by atoms with E-state index in [0.29, 0.717) is 17.8 Å². The molecule has 0 radical (unpaired) electrons. The Kier molecular flexibility index (Phi) is 2.95. The van der Waals surface area contributed by atoms with E-state index in [1.54, 1.807) is 0 Å². The van der Waals surface area contributed by atoms with Crippen LogP contribution in [0.4, 0.5) is 4.79 Å². The Morgan fingerprint density at radius 3 is 2.65 bits per heavy atom. The Morgan fingerprint density at radius 1 is 1.30 bits per heavy atom. The molecule has 0 N–H and O–H groups in total. The molecule has 1 saturated heterocycles. The van der Waals surface area contributed by atoms with Crippen molar-refractivity contribution in [1.82, 2.24) is 19.7 Å². The molecule has 6 nitrogen and oxygen atoms in total. The van der Waals surface area contributed by atoms with Crippen LogP contribution < -0.4 is 0 Å². The average molecular weight is 314 g/mol.